The van der Waals surface area contributed by atoms with Crippen molar-refractivity contribution in [2.45, 2.75) is 32.4 Å². The average molecular weight is 248 g/mol. The number of nitrogens with one attached hydrogen (secondary N) is 1. The van der Waals surface area contributed by atoms with Gasteiger partial charge in [0.15, 0.2) is 0 Å². The van der Waals surface area contributed by atoms with E-state index in [1.165, 1.54) is 0 Å². The third-order valence-electron chi connectivity index (χ3n) is 3.23. The number of rotatable bonds is 2. The Morgan fingerprint density at radius 1 is 1.33 bits per heavy atom. The van der Waals surface area contributed by atoms with Gasteiger partial charge in [-0.1, -0.05) is 0 Å². The van der Waals surface area contributed by atoms with Gasteiger partial charge in [-0.2, -0.15) is 0 Å². The van der Waals surface area contributed by atoms with Crippen LogP contribution in [-0.4, -0.2) is 31.1 Å². The van der Waals surface area contributed by atoms with Gasteiger partial charge in [0.1, 0.15) is 5.75 Å². The zero-order chi connectivity index (χ0) is 13.3. The zero-order valence-corrected chi connectivity index (χ0v) is 11.4. The molecule has 18 heavy (non-hydrogen) atoms. The molecule has 4 heteroatoms. The van der Waals surface area contributed by atoms with Crippen molar-refractivity contribution in [3.63, 3.8) is 0 Å². The SMILES string of the molecule is COc1ccc(N2CC(C)NC(C)(C)C2=O)cc1. The predicted octanol–water partition coefficient (Wildman–Crippen LogP) is 1.80. The van der Waals surface area contributed by atoms with E-state index in [0.717, 1.165) is 11.4 Å². The maximum atomic E-state index is 12.4. The fraction of sp³-hybridized carbons (Fsp3) is 0.500. The first-order chi connectivity index (χ1) is 8.44. The lowest BCUT2D eigenvalue weighted by atomic mass is 9.97. The molecule has 2 rings (SSSR count). The van der Waals surface area contributed by atoms with Crippen molar-refractivity contribution in [1.29, 1.82) is 0 Å². The minimum Gasteiger partial charge on any atom is -0.497 e. The fourth-order valence-corrected chi connectivity index (χ4v) is 2.40. The molecule has 1 aromatic rings. The van der Waals surface area contributed by atoms with Crippen molar-refractivity contribution in [3.05, 3.63) is 24.3 Å². The van der Waals surface area contributed by atoms with E-state index >= 15 is 0 Å². The van der Waals surface area contributed by atoms with E-state index in [1.807, 2.05) is 43.0 Å². The second-order valence-corrected chi connectivity index (χ2v) is 5.28. The maximum Gasteiger partial charge on any atom is 0.246 e. The summed E-state index contributed by atoms with van der Waals surface area (Å²) in [4.78, 5) is 14.2. The van der Waals surface area contributed by atoms with Gasteiger partial charge < -0.3 is 9.64 Å². The molecule has 0 aliphatic carbocycles. The molecule has 1 heterocycles. The van der Waals surface area contributed by atoms with E-state index in [1.54, 1.807) is 7.11 Å². The first-order valence-corrected chi connectivity index (χ1v) is 6.18. The molecule has 1 aromatic carbocycles. The number of amides is 1. The molecule has 0 radical (unpaired) electrons. The smallest absolute Gasteiger partial charge is 0.246 e. The lowest BCUT2D eigenvalue weighted by molar-refractivity contribution is -0.125. The van der Waals surface area contributed by atoms with Gasteiger partial charge in [-0.25, -0.2) is 0 Å². The van der Waals surface area contributed by atoms with Crippen LogP contribution in [0.5, 0.6) is 5.75 Å². The summed E-state index contributed by atoms with van der Waals surface area (Å²) in [7, 11) is 1.64. The fourth-order valence-electron chi connectivity index (χ4n) is 2.40. The van der Waals surface area contributed by atoms with Crippen molar-refractivity contribution in [3.8, 4) is 5.75 Å². The lowest BCUT2D eigenvalue weighted by Crippen LogP contribution is -2.65. The van der Waals surface area contributed by atoms with Crippen molar-refractivity contribution in [2.24, 2.45) is 0 Å². The van der Waals surface area contributed by atoms with Gasteiger partial charge in [-0.15, -0.1) is 0 Å². The van der Waals surface area contributed by atoms with Crippen molar-refractivity contribution in [2.75, 3.05) is 18.6 Å². The Kier molecular flexibility index (Phi) is 3.30. The Morgan fingerprint density at radius 2 is 1.94 bits per heavy atom. The molecule has 0 saturated carbocycles. The molecular weight excluding hydrogens is 228 g/mol. The molecule has 0 spiro atoms. The molecule has 1 unspecified atom stereocenters. The number of hydrogen-bond acceptors (Lipinski definition) is 3. The first-order valence-electron chi connectivity index (χ1n) is 6.18. The molecule has 1 N–H and O–H groups in total. The lowest BCUT2D eigenvalue weighted by Gasteiger charge is -2.41. The van der Waals surface area contributed by atoms with E-state index in [2.05, 4.69) is 12.2 Å². The second-order valence-electron chi connectivity index (χ2n) is 5.28. The van der Waals surface area contributed by atoms with Gasteiger partial charge in [-0.3, -0.25) is 10.1 Å². The van der Waals surface area contributed by atoms with Crippen LogP contribution in [0.15, 0.2) is 24.3 Å². The van der Waals surface area contributed by atoms with Gasteiger partial charge in [0.05, 0.1) is 12.6 Å². The number of benzene rings is 1. The Hall–Kier alpha value is -1.55. The molecule has 1 atom stereocenters. The van der Waals surface area contributed by atoms with E-state index < -0.39 is 5.54 Å². The molecule has 1 aliphatic heterocycles. The molecule has 1 amide bonds. The molecule has 1 saturated heterocycles. The number of ether oxygens (including phenoxy) is 1. The summed E-state index contributed by atoms with van der Waals surface area (Å²) in [6, 6.07) is 7.88. The number of piperazine rings is 1. The Morgan fingerprint density at radius 3 is 2.50 bits per heavy atom. The predicted molar refractivity (Wildman–Crippen MR) is 72.0 cm³/mol. The van der Waals surface area contributed by atoms with Gasteiger partial charge >= 0.3 is 0 Å². The van der Waals surface area contributed by atoms with Crippen molar-refractivity contribution >= 4 is 11.6 Å². The quantitative estimate of drug-likeness (QED) is 0.867. The van der Waals surface area contributed by atoms with Crippen molar-refractivity contribution in [1.82, 2.24) is 5.32 Å². The van der Waals surface area contributed by atoms with Crippen molar-refractivity contribution < 1.29 is 9.53 Å². The molecule has 0 bridgehead atoms. The van der Waals surface area contributed by atoms with Crippen LogP contribution >= 0.6 is 0 Å². The van der Waals surface area contributed by atoms with Crippen LogP contribution in [-0.2, 0) is 4.79 Å². The minimum atomic E-state index is -0.516. The monoisotopic (exact) mass is 248 g/mol. The number of anilines is 1. The summed E-state index contributed by atoms with van der Waals surface area (Å²) in [6.45, 7) is 6.61. The van der Waals surface area contributed by atoms with Gasteiger partial charge in [-0.05, 0) is 45.0 Å². The first kappa shape index (κ1) is 12.9. The number of carbonyl (C=O) groups excluding carboxylic acids is 1. The zero-order valence-electron chi connectivity index (χ0n) is 11.4. The Labute approximate surface area is 108 Å². The second kappa shape index (κ2) is 4.61. The van der Waals surface area contributed by atoms with Crippen LogP contribution in [0.1, 0.15) is 20.8 Å². The highest BCUT2D eigenvalue weighted by atomic mass is 16.5. The third kappa shape index (κ3) is 2.34. The summed E-state index contributed by atoms with van der Waals surface area (Å²) in [5.41, 5.74) is 0.402. The highest BCUT2D eigenvalue weighted by Gasteiger charge is 2.38. The largest absolute Gasteiger partial charge is 0.497 e. The molecular formula is C14H20N2O2. The summed E-state index contributed by atoms with van der Waals surface area (Å²) in [6.07, 6.45) is 0. The average Bonchev–Trinajstić information content (AvgIpc) is 2.33. The minimum absolute atomic E-state index is 0.103. The molecule has 1 aliphatic rings. The normalized spacial score (nSPS) is 23.0. The van der Waals surface area contributed by atoms with Crippen LogP contribution in [0.3, 0.4) is 0 Å². The standard InChI is InChI=1S/C14H20N2O2/c1-10-9-16(13(17)14(2,3)15-10)11-5-7-12(18-4)8-6-11/h5-8,10,15H,9H2,1-4H3. The molecule has 4 nitrogen and oxygen atoms in total. The summed E-state index contributed by atoms with van der Waals surface area (Å²) in [5.74, 6) is 0.902. The number of carbonyl (C=O) groups is 1. The number of hydrogen-bond donors (Lipinski definition) is 1. The Bertz CT molecular complexity index is 440. The maximum absolute atomic E-state index is 12.4. The Balaban J connectivity index is 2.27. The van der Waals surface area contributed by atoms with Crippen LogP contribution < -0.4 is 15.0 Å². The third-order valence-corrected chi connectivity index (χ3v) is 3.23. The summed E-state index contributed by atoms with van der Waals surface area (Å²) in [5, 5.41) is 3.31. The van der Waals surface area contributed by atoms with E-state index in [4.69, 9.17) is 4.74 Å². The number of methoxy groups -OCH3 is 1. The van der Waals surface area contributed by atoms with E-state index in [0.29, 0.717) is 6.54 Å². The van der Waals surface area contributed by atoms with Crippen LogP contribution in [0.2, 0.25) is 0 Å². The van der Waals surface area contributed by atoms with Gasteiger partial charge in [0, 0.05) is 18.3 Å². The van der Waals surface area contributed by atoms with Crippen LogP contribution in [0, 0.1) is 0 Å². The summed E-state index contributed by atoms with van der Waals surface area (Å²) >= 11 is 0. The summed E-state index contributed by atoms with van der Waals surface area (Å²) < 4.78 is 5.13. The number of nitrogens with zero attached hydrogens (tertiary/aromatic N) is 1. The molecule has 98 valence electrons. The van der Waals surface area contributed by atoms with Gasteiger partial charge in [0.2, 0.25) is 5.91 Å². The van der Waals surface area contributed by atoms with E-state index in [-0.39, 0.29) is 11.9 Å². The highest BCUT2D eigenvalue weighted by Crippen LogP contribution is 2.25. The molecule has 1 fully saturated rings. The van der Waals surface area contributed by atoms with Crippen LogP contribution in [0.25, 0.3) is 0 Å². The van der Waals surface area contributed by atoms with Crippen LogP contribution in [0.4, 0.5) is 5.69 Å². The topological polar surface area (TPSA) is 41.6 Å². The highest BCUT2D eigenvalue weighted by molar-refractivity contribution is 6.00. The van der Waals surface area contributed by atoms with Gasteiger partial charge in [0.25, 0.3) is 0 Å². The molecule has 0 aromatic heterocycles. The van der Waals surface area contributed by atoms with E-state index in [9.17, 15) is 4.79 Å².